The van der Waals surface area contributed by atoms with Gasteiger partial charge in [-0.25, -0.2) is 13.2 Å². The van der Waals surface area contributed by atoms with Crippen molar-refractivity contribution in [1.29, 1.82) is 5.26 Å². The fourth-order valence-corrected chi connectivity index (χ4v) is 2.56. The van der Waals surface area contributed by atoms with Gasteiger partial charge < -0.3 is 19.8 Å². The largest absolute Gasteiger partial charge is 0.483 e. The van der Waals surface area contributed by atoms with E-state index in [-0.39, 0.29) is 23.1 Å². The van der Waals surface area contributed by atoms with Crippen LogP contribution in [0.4, 0.5) is 19.2 Å². The monoisotopic (exact) mass is 452 g/mol. The third kappa shape index (κ3) is 5.34. The fourth-order valence-electron chi connectivity index (χ4n) is 2.56. The normalized spacial score (nSPS) is 15.1. The Hall–Kier alpha value is -4.07. The van der Waals surface area contributed by atoms with Gasteiger partial charge in [-0.3, -0.25) is 4.79 Å². The van der Waals surface area contributed by atoms with E-state index in [9.17, 15) is 18.0 Å². The molecule has 0 aliphatic rings. The van der Waals surface area contributed by atoms with E-state index in [1.165, 1.54) is 6.07 Å². The van der Waals surface area contributed by atoms with Crippen LogP contribution in [0.2, 0.25) is 0 Å². The summed E-state index contributed by atoms with van der Waals surface area (Å²) in [6.45, 7) is -8.36. The lowest BCUT2D eigenvalue weighted by Gasteiger charge is -2.22. The van der Waals surface area contributed by atoms with Gasteiger partial charge in [0, 0.05) is 36.7 Å². The SMILES string of the molecule is [2H]C([2H])(Oc1cc(F)cc(F)c1C([2H])([2H])C([2H])([2H])[2H])C(=O)N(Cc1nnc(N)o1)Cc1ccc(C#N)cc1F. The molecule has 2 N–H and O–H groups in total. The summed E-state index contributed by atoms with van der Waals surface area (Å²) in [5, 5.41) is 15.9. The van der Waals surface area contributed by atoms with Gasteiger partial charge in [0.2, 0.25) is 5.89 Å². The quantitative estimate of drug-likeness (QED) is 0.558. The van der Waals surface area contributed by atoms with Gasteiger partial charge in [0.05, 0.1) is 20.9 Å². The standard InChI is InChI=1S/C21H18F3N5O3/c1-2-15-17(24)6-14(22)7-18(15)31-11-20(30)29(10-19-27-28-21(26)32-19)9-13-4-3-12(8-25)5-16(13)23/h3-7H,2,9-11H2,1H3,(H2,26,28)/i1D3,2D2,11D2. The molecule has 0 fully saturated rings. The third-order valence-electron chi connectivity index (χ3n) is 4.03. The maximum Gasteiger partial charge on any atom is 0.312 e. The van der Waals surface area contributed by atoms with Gasteiger partial charge in [0.1, 0.15) is 23.2 Å². The molecule has 0 aliphatic carbocycles. The molecule has 0 spiro atoms. The van der Waals surface area contributed by atoms with Gasteiger partial charge in [0.15, 0.2) is 6.56 Å². The summed E-state index contributed by atoms with van der Waals surface area (Å²) in [7, 11) is 0. The Morgan fingerprint density at radius 3 is 2.75 bits per heavy atom. The molecule has 0 atom stereocenters. The number of amides is 1. The molecule has 166 valence electrons. The van der Waals surface area contributed by atoms with Gasteiger partial charge >= 0.3 is 6.01 Å². The Kier molecular flexibility index (Phi) is 4.56. The van der Waals surface area contributed by atoms with Crippen LogP contribution in [0, 0.1) is 28.8 Å². The molecular weight excluding hydrogens is 427 g/mol. The van der Waals surface area contributed by atoms with Crippen molar-refractivity contribution in [2.24, 2.45) is 0 Å². The number of nitrogens with zero attached hydrogens (tertiary/aromatic N) is 4. The number of rotatable bonds is 8. The summed E-state index contributed by atoms with van der Waals surface area (Å²) in [4.78, 5) is 13.9. The van der Waals surface area contributed by atoms with Crippen LogP contribution in [0.1, 0.15) is 39.0 Å². The molecule has 2 aromatic carbocycles. The van der Waals surface area contributed by atoms with E-state index in [1.54, 1.807) is 6.07 Å². The van der Waals surface area contributed by atoms with E-state index >= 15 is 0 Å². The van der Waals surface area contributed by atoms with E-state index in [2.05, 4.69) is 10.2 Å². The number of ether oxygens (including phenoxy) is 1. The minimum absolute atomic E-state index is 0.0401. The van der Waals surface area contributed by atoms with Crippen molar-refractivity contribution in [2.45, 2.75) is 26.3 Å². The Morgan fingerprint density at radius 2 is 2.09 bits per heavy atom. The lowest BCUT2D eigenvalue weighted by Crippen LogP contribution is -2.34. The first-order chi connectivity index (χ1) is 18.0. The first kappa shape index (κ1) is 14.9. The molecule has 1 amide bonds. The van der Waals surface area contributed by atoms with Crippen LogP contribution in [-0.2, 0) is 24.3 Å². The van der Waals surface area contributed by atoms with E-state index in [1.807, 2.05) is 0 Å². The molecular formula is C21H18F3N5O3. The molecule has 0 unspecified atom stereocenters. The summed E-state index contributed by atoms with van der Waals surface area (Å²) in [6, 6.07) is 5.05. The van der Waals surface area contributed by atoms with E-state index in [0.717, 1.165) is 12.1 Å². The number of hydrogen-bond donors (Lipinski definition) is 1. The van der Waals surface area contributed by atoms with Crippen molar-refractivity contribution >= 4 is 11.9 Å². The van der Waals surface area contributed by atoms with Gasteiger partial charge in [-0.15, -0.1) is 5.10 Å². The smallest absolute Gasteiger partial charge is 0.312 e. The molecule has 1 aromatic heterocycles. The number of nitrogens with two attached hydrogens (primary N) is 1. The van der Waals surface area contributed by atoms with E-state index < -0.39 is 73.6 Å². The Bertz CT molecular complexity index is 1440. The summed E-state index contributed by atoms with van der Waals surface area (Å²) < 4.78 is 107. The van der Waals surface area contributed by atoms with Crippen LogP contribution in [0.15, 0.2) is 34.7 Å². The molecule has 0 aliphatic heterocycles. The highest BCUT2D eigenvalue weighted by Crippen LogP contribution is 2.24. The zero-order valence-corrected chi connectivity index (χ0v) is 16.0. The van der Waals surface area contributed by atoms with Crippen molar-refractivity contribution in [2.75, 3.05) is 12.3 Å². The van der Waals surface area contributed by atoms with Crippen LogP contribution in [0.3, 0.4) is 0 Å². The highest BCUT2D eigenvalue weighted by Gasteiger charge is 2.21. The number of carbonyl (C=O) groups is 1. The maximum atomic E-state index is 14.6. The molecule has 0 saturated carbocycles. The zero-order valence-electron chi connectivity index (χ0n) is 23.0. The van der Waals surface area contributed by atoms with Crippen LogP contribution in [0.25, 0.3) is 0 Å². The number of nitriles is 1. The number of anilines is 1. The van der Waals surface area contributed by atoms with Crippen molar-refractivity contribution in [3.05, 3.63) is 70.4 Å². The minimum atomic E-state index is -3.53. The first-order valence-electron chi connectivity index (χ1n) is 12.2. The number of hydrogen-bond acceptors (Lipinski definition) is 7. The van der Waals surface area contributed by atoms with Crippen LogP contribution < -0.4 is 10.5 Å². The van der Waals surface area contributed by atoms with Gasteiger partial charge in [-0.2, -0.15) is 5.26 Å². The number of nitrogen functional groups attached to an aromatic ring is 1. The second-order valence-electron chi connectivity index (χ2n) is 6.20. The minimum Gasteiger partial charge on any atom is -0.483 e. The average molecular weight is 452 g/mol. The second kappa shape index (κ2) is 9.82. The summed E-state index contributed by atoms with van der Waals surface area (Å²) in [5.74, 6) is -7.16. The van der Waals surface area contributed by atoms with Crippen molar-refractivity contribution < 1.29 is 36.7 Å². The van der Waals surface area contributed by atoms with Crippen LogP contribution in [0.5, 0.6) is 5.75 Å². The summed E-state index contributed by atoms with van der Waals surface area (Å²) >= 11 is 0. The van der Waals surface area contributed by atoms with Crippen molar-refractivity contribution in [3.63, 3.8) is 0 Å². The second-order valence-corrected chi connectivity index (χ2v) is 6.20. The van der Waals surface area contributed by atoms with Crippen LogP contribution in [-0.4, -0.2) is 27.6 Å². The summed E-state index contributed by atoms with van der Waals surface area (Å²) in [6.07, 6.45) is -3.49. The Labute approximate surface area is 190 Å². The van der Waals surface area contributed by atoms with Gasteiger partial charge in [0.25, 0.3) is 5.91 Å². The molecule has 0 bridgehead atoms. The number of carbonyl (C=O) groups excluding carboxylic acids is 1. The predicted molar refractivity (Wildman–Crippen MR) is 105 cm³/mol. The fraction of sp³-hybridized carbons (Fsp3) is 0.238. The van der Waals surface area contributed by atoms with Crippen molar-refractivity contribution in [1.82, 2.24) is 15.1 Å². The molecule has 32 heavy (non-hydrogen) atoms. The molecule has 3 rings (SSSR count). The van der Waals surface area contributed by atoms with Crippen molar-refractivity contribution in [3.8, 4) is 11.8 Å². The van der Waals surface area contributed by atoms with Crippen LogP contribution >= 0.6 is 0 Å². The lowest BCUT2D eigenvalue weighted by molar-refractivity contribution is -0.135. The summed E-state index contributed by atoms with van der Waals surface area (Å²) in [5.41, 5.74) is 3.78. The highest BCUT2D eigenvalue weighted by molar-refractivity contribution is 5.77. The lowest BCUT2D eigenvalue weighted by atomic mass is 10.1. The topological polar surface area (TPSA) is 118 Å². The number of benzene rings is 2. The molecule has 8 nitrogen and oxygen atoms in total. The zero-order chi connectivity index (χ0) is 29.3. The first-order valence-corrected chi connectivity index (χ1v) is 8.70. The molecule has 0 radical (unpaired) electrons. The molecule has 3 aromatic rings. The Balaban J connectivity index is 2.03. The van der Waals surface area contributed by atoms with Gasteiger partial charge in [-0.05, 0) is 18.5 Å². The number of aromatic nitrogens is 2. The third-order valence-corrected chi connectivity index (χ3v) is 4.03. The molecule has 0 saturated heterocycles. The highest BCUT2D eigenvalue weighted by atomic mass is 19.1. The molecule has 1 heterocycles. The van der Waals surface area contributed by atoms with E-state index in [4.69, 9.17) is 29.7 Å². The number of halogens is 3. The predicted octanol–water partition coefficient (Wildman–Crippen LogP) is 3.11. The molecule has 11 heteroatoms. The average Bonchev–Trinajstić information content (AvgIpc) is 3.22. The van der Waals surface area contributed by atoms with Gasteiger partial charge in [-0.1, -0.05) is 18.0 Å². The Morgan fingerprint density at radius 1 is 1.28 bits per heavy atom. The maximum absolute atomic E-state index is 14.6. The van der Waals surface area contributed by atoms with E-state index in [0.29, 0.717) is 11.0 Å².